The molecule has 1 nitrogen and oxygen atoms in total. The summed E-state index contributed by atoms with van der Waals surface area (Å²) in [6.07, 6.45) is 1.59. The molecule has 0 fully saturated rings. The third-order valence-corrected chi connectivity index (χ3v) is 3.14. The van der Waals surface area contributed by atoms with Gasteiger partial charge in [-0.15, -0.1) is 11.8 Å². The van der Waals surface area contributed by atoms with E-state index < -0.39 is 6.10 Å². The zero-order chi connectivity index (χ0) is 9.14. The summed E-state index contributed by atoms with van der Waals surface area (Å²) >= 11 is 5.06. The van der Waals surface area contributed by atoms with Gasteiger partial charge in [-0.05, 0) is 25.3 Å². The second-order valence-electron chi connectivity index (χ2n) is 2.53. The lowest BCUT2D eigenvalue weighted by molar-refractivity contribution is 0.195. The van der Waals surface area contributed by atoms with Gasteiger partial charge >= 0.3 is 0 Å². The fraction of sp³-hybridized carbons (Fsp3) is 0.333. The Kier molecular flexibility index (Phi) is 3.62. The number of hydrogen-bond acceptors (Lipinski definition) is 2. The number of aliphatic hydroxyl groups is 1. The van der Waals surface area contributed by atoms with Crippen molar-refractivity contribution in [3.8, 4) is 0 Å². The lowest BCUT2D eigenvalue weighted by Gasteiger charge is -2.11. The van der Waals surface area contributed by atoms with E-state index in [4.69, 9.17) is 0 Å². The van der Waals surface area contributed by atoms with Crippen LogP contribution in [0.2, 0.25) is 0 Å². The molecule has 0 aromatic heterocycles. The quantitative estimate of drug-likeness (QED) is 0.809. The molecule has 0 amide bonds. The topological polar surface area (TPSA) is 20.2 Å². The summed E-state index contributed by atoms with van der Waals surface area (Å²) in [7, 11) is 0. The first-order chi connectivity index (χ1) is 5.66. The molecule has 0 aliphatic rings. The maximum atomic E-state index is 9.47. The summed E-state index contributed by atoms with van der Waals surface area (Å²) in [6.45, 7) is 1.78. The van der Waals surface area contributed by atoms with Crippen molar-refractivity contribution in [3.63, 3.8) is 0 Å². The molecule has 1 aromatic rings. The third-order valence-electron chi connectivity index (χ3n) is 1.65. The lowest BCUT2D eigenvalue weighted by Crippen LogP contribution is -1.94. The normalized spacial score (nSPS) is 13.0. The smallest absolute Gasteiger partial charge is 0.0783 e. The summed E-state index contributed by atoms with van der Waals surface area (Å²) in [5.74, 6) is 0. The van der Waals surface area contributed by atoms with Crippen LogP contribution < -0.4 is 0 Å². The van der Waals surface area contributed by atoms with E-state index in [1.807, 2.05) is 24.5 Å². The van der Waals surface area contributed by atoms with Crippen molar-refractivity contribution >= 4 is 27.7 Å². The Morgan fingerprint density at radius 2 is 2.17 bits per heavy atom. The maximum absolute atomic E-state index is 9.47. The molecule has 0 saturated carbocycles. The first-order valence-electron chi connectivity index (χ1n) is 3.67. The molecule has 66 valence electrons. The highest BCUT2D eigenvalue weighted by Gasteiger charge is 2.10. The Labute approximate surface area is 85.3 Å². The van der Waals surface area contributed by atoms with Gasteiger partial charge in [0.2, 0.25) is 0 Å². The minimum absolute atomic E-state index is 0.414. The van der Waals surface area contributed by atoms with Gasteiger partial charge in [-0.1, -0.05) is 22.0 Å². The van der Waals surface area contributed by atoms with Gasteiger partial charge in [-0.3, -0.25) is 0 Å². The van der Waals surface area contributed by atoms with E-state index in [9.17, 15) is 5.11 Å². The molecule has 1 rings (SSSR count). The Hall–Kier alpha value is 0.01000. The van der Waals surface area contributed by atoms with Gasteiger partial charge in [-0.2, -0.15) is 0 Å². The van der Waals surface area contributed by atoms with E-state index in [2.05, 4.69) is 15.9 Å². The molecule has 0 bridgehead atoms. The molecule has 3 heteroatoms. The van der Waals surface area contributed by atoms with Crippen LogP contribution in [0.5, 0.6) is 0 Å². The number of benzene rings is 1. The van der Waals surface area contributed by atoms with Gasteiger partial charge in [0, 0.05) is 14.9 Å². The van der Waals surface area contributed by atoms with Crippen molar-refractivity contribution in [2.75, 3.05) is 6.26 Å². The van der Waals surface area contributed by atoms with Gasteiger partial charge in [0.25, 0.3) is 0 Å². The third kappa shape index (κ3) is 2.03. The van der Waals surface area contributed by atoms with Crippen LogP contribution in [-0.4, -0.2) is 11.4 Å². The van der Waals surface area contributed by atoms with Gasteiger partial charge in [0.05, 0.1) is 6.10 Å². The Morgan fingerprint density at radius 1 is 1.50 bits per heavy atom. The van der Waals surface area contributed by atoms with Crippen molar-refractivity contribution in [1.82, 2.24) is 0 Å². The van der Waals surface area contributed by atoms with Crippen molar-refractivity contribution in [1.29, 1.82) is 0 Å². The summed E-state index contributed by atoms with van der Waals surface area (Å²) < 4.78 is 0.976. The highest BCUT2D eigenvalue weighted by Crippen LogP contribution is 2.31. The summed E-state index contributed by atoms with van der Waals surface area (Å²) in [6, 6.07) is 5.93. The molecule has 0 spiro atoms. The zero-order valence-electron chi connectivity index (χ0n) is 7.04. The van der Waals surface area contributed by atoms with Crippen molar-refractivity contribution in [3.05, 3.63) is 28.2 Å². The second kappa shape index (κ2) is 4.30. The van der Waals surface area contributed by atoms with Gasteiger partial charge in [0.15, 0.2) is 0 Å². The van der Waals surface area contributed by atoms with Crippen LogP contribution >= 0.6 is 27.7 Å². The number of aliphatic hydroxyl groups excluding tert-OH is 1. The van der Waals surface area contributed by atoms with Gasteiger partial charge < -0.3 is 5.11 Å². The zero-order valence-corrected chi connectivity index (χ0v) is 9.45. The minimum Gasteiger partial charge on any atom is -0.389 e. The maximum Gasteiger partial charge on any atom is 0.0783 e. The van der Waals surface area contributed by atoms with Crippen molar-refractivity contribution in [2.45, 2.75) is 17.9 Å². The summed E-state index contributed by atoms with van der Waals surface area (Å²) in [4.78, 5) is 1.12. The molecule has 1 aromatic carbocycles. The fourth-order valence-electron chi connectivity index (χ4n) is 1.10. The van der Waals surface area contributed by atoms with Crippen LogP contribution in [0.4, 0.5) is 0 Å². The number of thioether (sulfide) groups is 1. The second-order valence-corrected chi connectivity index (χ2v) is 4.23. The van der Waals surface area contributed by atoms with Crippen LogP contribution in [0, 0.1) is 0 Å². The van der Waals surface area contributed by atoms with Gasteiger partial charge in [0.1, 0.15) is 0 Å². The first-order valence-corrected chi connectivity index (χ1v) is 5.69. The molecular formula is C9H11BrOS. The molecular weight excluding hydrogens is 236 g/mol. The molecule has 12 heavy (non-hydrogen) atoms. The van der Waals surface area contributed by atoms with Gasteiger partial charge in [-0.25, -0.2) is 0 Å². The molecule has 1 atom stereocenters. The molecule has 1 unspecified atom stereocenters. The molecule has 1 N–H and O–H groups in total. The van der Waals surface area contributed by atoms with E-state index in [0.29, 0.717) is 0 Å². The summed E-state index contributed by atoms with van der Waals surface area (Å²) in [5.41, 5.74) is 0.977. The largest absolute Gasteiger partial charge is 0.389 e. The molecule has 0 radical (unpaired) electrons. The highest BCUT2D eigenvalue weighted by atomic mass is 79.9. The van der Waals surface area contributed by atoms with E-state index in [1.165, 1.54) is 0 Å². The van der Waals surface area contributed by atoms with Crippen LogP contribution in [0.3, 0.4) is 0 Å². The van der Waals surface area contributed by atoms with Crippen molar-refractivity contribution in [2.24, 2.45) is 0 Å². The van der Waals surface area contributed by atoms with E-state index >= 15 is 0 Å². The van der Waals surface area contributed by atoms with E-state index in [1.54, 1.807) is 18.7 Å². The minimum atomic E-state index is -0.414. The predicted octanol–water partition coefficient (Wildman–Crippen LogP) is 3.22. The molecule has 0 saturated heterocycles. The predicted molar refractivity (Wildman–Crippen MR) is 56.6 cm³/mol. The van der Waals surface area contributed by atoms with Crippen LogP contribution in [0.1, 0.15) is 18.6 Å². The van der Waals surface area contributed by atoms with Crippen LogP contribution in [0.15, 0.2) is 27.6 Å². The van der Waals surface area contributed by atoms with Crippen LogP contribution in [-0.2, 0) is 0 Å². The number of rotatable bonds is 2. The molecule has 0 aliphatic heterocycles. The monoisotopic (exact) mass is 246 g/mol. The Bertz CT molecular complexity index is 273. The van der Waals surface area contributed by atoms with Crippen molar-refractivity contribution < 1.29 is 5.11 Å². The number of hydrogen-bond donors (Lipinski definition) is 1. The highest BCUT2D eigenvalue weighted by molar-refractivity contribution is 9.10. The van der Waals surface area contributed by atoms with E-state index in [0.717, 1.165) is 14.9 Å². The summed E-state index contributed by atoms with van der Waals surface area (Å²) in [5, 5.41) is 9.47. The van der Waals surface area contributed by atoms with Crippen LogP contribution in [0.25, 0.3) is 0 Å². The fourth-order valence-corrected chi connectivity index (χ4v) is 2.64. The molecule has 0 aliphatic carbocycles. The molecule has 0 heterocycles. The lowest BCUT2D eigenvalue weighted by atomic mass is 10.1. The Balaban J connectivity index is 3.20. The standard InChI is InChI=1S/C9H11BrOS/c1-6(11)9-7(10)4-3-5-8(9)12-2/h3-6,11H,1-2H3. The van der Waals surface area contributed by atoms with E-state index in [-0.39, 0.29) is 0 Å². The average molecular weight is 247 g/mol. The Morgan fingerprint density at radius 3 is 2.58 bits per heavy atom. The first kappa shape index (κ1) is 10.1. The number of halogens is 1. The average Bonchev–Trinajstić information content (AvgIpc) is 2.03. The SMILES string of the molecule is CSc1cccc(Br)c1C(C)O.